The van der Waals surface area contributed by atoms with Crippen molar-refractivity contribution < 1.29 is 13.7 Å². The second kappa shape index (κ2) is 7.70. The summed E-state index contributed by atoms with van der Waals surface area (Å²) < 4.78 is 18.0. The van der Waals surface area contributed by atoms with Crippen molar-refractivity contribution in [2.24, 2.45) is 0 Å². The van der Waals surface area contributed by atoms with Crippen molar-refractivity contribution in [3.05, 3.63) is 47.5 Å². The van der Waals surface area contributed by atoms with E-state index in [4.69, 9.17) is 4.52 Å². The molecule has 22 heavy (non-hydrogen) atoms. The zero-order chi connectivity index (χ0) is 15.9. The van der Waals surface area contributed by atoms with Crippen molar-refractivity contribution in [3.63, 3.8) is 0 Å². The molecule has 0 aliphatic heterocycles. The van der Waals surface area contributed by atoms with E-state index >= 15 is 0 Å². The predicted octanol–water partition coefficient (Wildman–Crippen LogP) is 2.67. The molecule has 1 aromatic heterocycles. The quantitative estimate of drug-likeness (QED) is 0.825. The van der Waals surface area contributed by atoms with Gasteiger partial charge in [0.15, 0.2) is 5.82 Å². The fraction of sp³-hybridized carbons (Fsp3) is 0.375. The molecule has 118 valence electrons. The number of amides is 1. The Balaban J connectivity index is 1.82. The van der Waals surface area contributed by atoms with Gasteiger partial charge in [-0.3, -0.25) is 4.79 Å². The number of carbonyl (C=O) groups is 1. The first kappa shape index (κ1) is 16.2. The molecule has 2 aromatic rings. The number of aromatic nitrogens is 1. The predicted molar refractivity (Wildman–Crippen MR) is 82.1 cm³/mol. The zero-order valence-corrected chi connectivity index (χ0v) is 12.7. The smallest absolute Gasteiger partial charge is 0.242 e. The topological polar surface area (TPSA) is 67.2 Å². The molecular weight excluding hydrogens is 285 g/mol. The van der Waals surface area contributed by atoms with E-state index in [0.717, 1.165) is 5.56 Å². The molecule has 0 saturated heterocycles. The maximum absolute atomic E-state index is 13.1. The molecule has 0 aliphatic rings. The van der Waals surface area contributed by atoms with Gasteiger partial charge in [0.1, 0.15) is 11.6 Å². The highest BCUT2D eigenvalue weighted by Gasteiger charge is 2.17. The van der Waals surface area contributed by atoms with Crippen molar-refractivity contribution in [2.75, 3.05) is 11.9 Å². The Hall–Kier alpha value is -2.21. The van der Waals surface area contributed by atoms with Gasteiger partial charge in [0, 0.05) is 6.07 Å². The first-order valence-electron chi connectivity index (χ1n) is 7.30. The van der Waals surface area contributed by atoms with Gasteiger partial charge in [-0.05, 0) is 44.0 Å². The fourth-order valence-electron chi connectivity index (χ4n) is 2.14. The SMILES string of the molecule is CC[C@@H](NCCc1cccc(F)c1)C(=O)Nc1cc(C)on1. The number of halogens is 1. The summed E-state index contributed by atoms with van der Waals surface area (Å²) in [6, 6.07) is 7.80. The lowest BCUT2D eigenvalue weighted by molar-refractivity contribution is -0.118. The third kappa shape index (κ3) is 4.66. The molecule has 0 aliphatic carbocycles. The van der Waals surface area contributed by atoms with E-state index in [-0.39, 0.29) is 17.8 Å². The van der Waals surface area contributed by atoms with Crippen LogP contribution in [0.15, 0.2) is 34.9 Å². The standard InChI is InChI=1S/C16H20FN3O2/c1-3-14(16(21)19-15-9-11(2)22-20-15)18-8-7-12-5-4-6-13(17)10-12/h4-6,9-10,14,18H,3,7-8H2,1-2H3,(H,19,20,21)/t14-/m1/s1. The Morgan fingerprint density at radius 2 is 2.23 bits per heavy atom. The number of anilines is 1. The van der Waals surface area contributed by atoms with Gasteiger partial charge in [-0.1, -0.05) is 24.2 Å². The highest BCUT2D eigenvalue weighted by atomic mass is 19.1. The second-order valence-electron chi connectivity index (χ2n) is 5.11. The van der Waals surface area contributed by atoms with Crippen LogP contribution in [0.25, 0.3) is 0 Å². The van der Waals surface area contributed by atoms with Crippen LogP contribution in [0, 0.1) is 12.7 Å². The molecular formula is C16H20FN3O2. The average molecular weight is 305 g/mol. The molecule has 0 bridgehead atoms. The summed E-state index contributed by atoms with van der Waals surface area (Å²) in [5.74, 6) is 0.647. The van der Waals surface area contributed by atoms with Crippen LogP contribution in [-0.4, -0.2) is 23.7 Å². The molecule has 5 nitrogen and oxygen atoms in total. The highest BCUT2D eigenvalue weighted by Crippen LogP contribution is 2.08. The number of hydrogen-bond acceptors (Lipinski definition) is 4. The van der Waals surface area contributed by atoms with Gasteiger partial charge in [0.25, 0.3) is 0 Å². The van der Waals surface area contributed by atoms with Crippen molar-refractivity contribution >= 4 is 11.7 Å². The van der Waals surface area contributed by atoms with Gasteiger partial charge < -0.3 is 15.2 Å². The first-order valence-corrected chi connectivity index (χ1v) is 7.30. The summed E-state index contributed by atoms with van der Waals surface area (Å²) in [5.41, 5.74) is 0.898. The Kier molecular flexibility index (Phi) is 5.66. The van der Waals surface area contributed by atoms with Gasteiger partial charge in [-0.25, -0.2) is 4.39 Å². The minimum absolute atomic E-state index is 0.157. The van der Waals surface area contributed by atoms with E-state index in [9.17, 15) is 9.18 Å². The lowest BCUT2D eigenvalue weighted by Gasteiger charge is -2.15. The minimum Gasteiger partial charge on any atom is -0.360 e. The Morgan fingerprint density at radius 1 is 1.41 bits per heavy atom. The number of nitrogens with one attached hydrogen (secondary N) is 2. The van der Waals surface area contributed by atoms with Gasteiger partial charge in [0.05, 0.1) is 6.04 Å². The maximum Gasteiger partial charge on any atom is 0.242 e. The fourth-order valence-corrected chi connectivity index (χ4v) is 2.14. The first-order chi connectivity index (χ1) is 10.6. The van der Waals surface area contributed by atoms with E-state index in [2.05, 4.69) is 15.8 Å². The van der Waals surface area contributed by atoms with E-state index in [1.54, 1.807) is 19.1 Å². The van der Waals surface area contributed by atoms with E-state index < -0.39 is 0 Å². The summed E-state index contributed by atoms with van der Waals surface area (Å²) >= 11 is 0. The monoisotopic (exact) mass is 305 g/mol. The maximum atomic E-state index is 13.1. The summed E-state index contributed by atoms with van der Waals surface area (Å²) in [5, 5.41) is 9.61. The third-order valence-corrected chi connectivity index (χ3v) is 3.30. The van der Waals surface area contributed by atoms with Crippen LogP contribution in [0.1, 0.15) is 24.7 Å². The van der Waals surface area contributed by atoms with Crippen molar-refractivity contribution in [1.29, 1.82) is 0 Å². The summed E-state index contributed by atoms with van der Waals surface area (Å²) in [7, 11) is 0. The normalized spacial score (nSPS) is 12.1. The number of carbonyl (C=O) groups excluding carboxylic acids is 1. The molecule has 1 aromatic carbocycles. The molecule has 1 atom stereocenters. The number of hydrogen-bond donors (Lipinski definition) is 2. The molecule has 2 rings (SSSR count). The molecule has 0 radical (unpaired) electrons. The number of benzene rings is 1. The van der Waals surface area contributed by atoms with Crippen LogP contribution in [0.2, 0.25) is 0 Å². The molecule has 1 heterocycles. The molecule has 0 saturated carbocycles. The summed E-state index contributed by atoms with van der Waals surface area (Å²) in [4.78, 5) is 12.1. The van der Waals surface area contributed by atoms with Gasteiger partial charge >= 0.3 is 0 Å². The van der Waals surface area contributed by atoms with Crippen molar-refractivity contribution in [2.45, 2.75) is 32.7 Å². The highest BCUT2D eigenvalue weighted by molar-refractivity contribution is 5.93. The molecule has 2 N–H and O–H groups in total. The Bertz CT molecular complexity index is 627. The number of aryl methyl sites for hydroxylation is 1. The van der Waals surface area contributed by atoms with E-state index in [1.807, 2.05) is 13.0 Å². The van der Waals surface area contributed by atoms with Gasteiger partial charge in [0.2, 0.25) is 5.91 Å². The van der Waals surface area contributed by atoms with E-state index in [1.165, 1.54) is 12.1 Å². The van der Waals surface area contributed by atoms with Crippen LogP contribution in [0.3, 0.4) is 0 Å². The van der Waals surface area contributed by atoms with Crippen molar-refractivity contribution in [1.82, 2.24) is 10.5 Å². The lowest BCUT2D eigenvalue weighted by atomic mass is 10.1. The van der Waals surface area contributed by atoms with Crippen molar-refractivity contribution in [3.8, 4) is 0 Å². The molecule has 0 fully saturated rings. The minimum atomic E-state index is -0.328. The second-order valence-corrected chi connectivity index (χ2v) is 5.11. The van der Waals surface area contributed by atoms with Gasteiger partial charge in [-0.2, -0.15) is 0 Å². The zero-order valence-electron chi connectivity index (χ0n) is 12.7. The van der Waals surface area contributed by atoms with Crippen LogP contribution in [0.5, 0.6) is 0 Å². The average Bonchev–Trinajstić information content (AvgIpc) is 2.88. The largest absolute Gasteiger partial charge is 0.360 e. The molecule has 6 heteroatoms. The Labute approximate surface area is 128 Å². The summed E-state index contributed by atoms with van der Waals surface area (Å²) in [6.07, 6.45) is 1.30. The third-order valence-electron chi connectivity index (χ3n) is 3.30. The van der Waals surface area contributed by atoms with Gasteiger partial charge in [-0.15, -0.1) is 0 Å². The summed E-state index contributed by atoms with van der Waals surface area (Å²) in [6.45, 7) is 4.28. The number of rotatable bonds is 7. The van der Waals surface area contributed by atoms with Crippen LogP contribution in [0.4, 0.5) is 10.2 Å². The van der Waals surface area contributed by atoms with E-state index in [0.29, 0.717) is 31.0 Å². The molecule has 0 unspecified atom stereocenters. The van der Waals surface area contributed by atoms with Crippen LogP contribution >= 0.6 is 0 Å². The molecule has 1 amide bonds. The number of nitrogens with zero attached hydrogens (tertiary/aromatic N) is 1. The van der Waals surface area contributed by atoms with Crippen LogP contribution < -0.4 is 10.6 Å². The Morgan fingerprint density at radius 3 is 2.86 bits per heavy atom. The lowest BCUT2D eigenvalue weighted by Crippen LogP contribution is -2.41. The van der Waals surface area contributed by atoms with Crippen LogP contribution in [-0.2, 0) is 11.2 Å². The molecule has 0 spiro atoms.